The van der Waals surface area contributed by atoms with Gasteiger partial charge in [-0.15, -0.1) is 0 Å². The Morgan fingerprint density at radius 2 is 2.22 bits per heavy atom. The molecule has 0 aromatic carbocycles. The molecule has 7 heteroatoms. The first-order valence-corrected chi connectivity index (χ1v) is 5.38. The number of allylic oxidation sites excluding steroid dienone is 2. The van der Waals surface area contributed by atoms with E-state index in [-0.39, 0.29) is 5.70 Å². The standard InChI is InChI=1S/C11H14F3N3O/c1-3-17-9(4-5-16-17)7-15-8(2)6-10(18)11(12,13)14/h4-6,15H,3,7H2,1-2H3. The highest BCUT2D eigenvalue weighted by Gasteiger charge is 2.36. The SMILES string of the molecule is CCn1nccc1CNC(C)=CC(=O)C(F)(F)F. The van der Waals surface area contributed by atoms with Crippen molar-refractivity contribution in [2.75, 3.05) is 0 Å². The summed E-state index contributed by atoms with van der Waals surface area (Å²) < 4.78 is 37.7. The second-order valence-corrected chi connectivity index (χ2v) is 3.68. The largest absolute Gasteiger partial charge is 0.454 e. The second kappa shape index (κ2) is 5.70. The van der Waals surface area contributed by atoms with Crippen LogP contribution in [-0.4, -0.2) is 21.7 Å². The summed E-state index contributed by atoms with van der Waals surface area (Å²) in [5.74, 6) is -1.86. The molecule has 4 nitrogen and oxygen atoms in total. The minimum absolute atomic E-state index is 0.168. The first-order valence-electron chi connectivity index (χ1n) is 5.38. The molecule has 0 fully saturated rings. The minimum atomic E-state index is -4.83. The third-order valence-corrected chi connectivity index (χ3v) is 2.28. The third kappa shape index (κ3) is 3.90. The van der Waals surface area contributed by atoms with Gasteiger partial charge in [0.2, 0.25) is 0 Å². The minimum Gasteiger partial charge on any atom is -0.383 e. The van der Waals surface area contributed by atoms with E-state index >= 15 is 0 Å². The summed E-state index contributed by atoms with van der Waals surface area (Å²) in [6.45, 7) is 4.32. The van der Waals surface area contributed by atoms with Gasteiger partial charge in [0.05, 0.1) is 12.2 Å². The van der Waals surface area contributed by atoms with Crippen molar-refractivity contribution < 1.29 is 18.0 Å². The predicted molar refractivity (Wildman–Crippen MR) is 59.6 cm³/mol. The Hall–Kier alpha value is -1.79. The number of hydrogen-bond acceptors (Lipinski definition) is 3. The average molecular weight is 261 g/mol. The molecule has 0 saturated heterocycles. The molecule has 1 aromatic rings. The van der Waals surface area contributed by atoms with Crippen molar-refractivity contribution in [1.82, 2.24) is 15.1 Å². The number of aromatic nitrogens is 2. The molecule has 0 unspecified atom stereocenters. The molecule has 0 radical (unpaired) electrons. The lowest BCUT2D eigenvalue weighted by Gasteiger charge is -2.08. The molecule has 0 aliphatic heterocycles. The Morgan fingerprint density at radius 1 is 1.56 bits per heavy atom. The summed E-state index contributed by atoms with van der Waals surface area (Å²) in [6, 6.07) is 1.76. The number of nitrogens with one attached hydrogen (secondary N) is 1. The van der Waals surface area contributed by atoms with E-state index in [2.05, 4.69) is 10.4 Å². The molecule has 100 valence electrons. The van der Waals surface area contributed by atoms with Crippen LogP contribution >= 0.6 is 0 Å². The zero-order chi connectivity index (χ0) is 13.8. The Kier molecular flexibility index (Phi) is 4.52. The summed E-state index contributed by atoms with van der Waals surface area (Å²) >= 11 is 0. The number of carbonyl (C=O) groups is 1. The zero-order valence-corrected chi connectivity index (χ0v) is 10.1. The van der Waals surface area contributed by atoms with Gasteiger partial charge in [-0.1, -0.05) is 0 Å². The van der Waals surface area contributed by atoms with Crippen LogP contribution in [0, 0.1) is 0 Å². The van der Waals surface area contributed by atoms with E-state index in [0.717, 1.165) is 5.69 Å². The van der Waals surface area contributed by atoms with E-state index in [1.165, 1.54) is 6.92 Å². The van der Waals surface area contributed by atoms with Gasteiger partial charge in [0, 0.05) is 24.5 Å². The summed E-state index contributed by atoms with van der Waals surface area (Å²) in [4.78, 5) is 10.7. The quantitative estimate of drug-likeness (QED) is 0.825. The smallest absolute Gasteiger partial charge is 0.383 e. The number of alkyl halides is 3. The summed E-state index contributed by atoms with van der Waals surface area (Å²) in [5.41, 5.74) is 1.01. The van der Waals surface area contributed by atoms with Crippen LogP contribution in [0.4, 0.5) is 13.2 Å². The van der Waals surface area contributed by atoms with Crippen molar-refractivity contribution in [2.45, 2.75) is 33.1 Å². The zero-order valence-electron chi connectivity index (χ0n) is 10.1. The van der Waals surface area contributed by atoms with E-state index in [9.17, 15) is 18.0 Å². The molecule has 1 aromatic heterocycles. The maximum atomic E-state index is 12.0. The van der Waals surface area contributed by atoms with Crippen molar-refractivity contribution in [2.24, 2.45) is 0 Å². The van der Waals surface area contributed by atoms with Crippen LogP contribution in [0.15, 0.2) is 24.0 Å². The summed E-state index contributed by atoms with van der Waals surface area (Å²) in [7, 11) is 0. The van der Waals surface area contributed by atoms with Gasteiger partial charge in [0.15, 0.2) is 0 Å². The van der Waals surface area contributed by atoms with E-state index < -0.39 is 12.0 Å². The Morgan fingerprint density at radius 3 is 2.78 bits per heavy atom. The number of carbonyl (C=O) groups excluding carboxylic acids is 1. The van der Waals surface area contributed by atoms with Crippen LogP contribution in [0.5, 0.6) is 0 Å². The molecular formula is C11H14F3N3O. The van der Waals surface area contributed by atoms with Crippen LogP contribution in [0.1, 0.15) is 19.5 Å². The lowest BCUT2D eigenvalue weighted by Crippen LogP contribution is -2.23. The van der Waals surface area contributed by atoms with E-state index in [4.69, 9.17) is 0 Å². The summed E-state index contributed by atoms with van der Waals surface area (Å²) in [6.07, 6.45) is -2.67. The highest BCUT2D eigenvalue weighted by atomic mass is 19.4. The van der Waals surface area contributed by atoms with Gasteiger partial charge in [-0.2, -0.15) is 18.3 Å². The fraction of sp³-hybridized carbons (Fsp3) is 0.455. The average Bonchev–Trinajstić information content (AvgIpc) is 2.72. The van der Waals surface area contributed by atoms with Gasteiger partial charge in [0.1, 0.15) is 0 Å². The van der Waals surface area contributed by atoms with E-state index in [1.54, 1.807) is 16.9 Å². The Labute approximate surface area is 102 Å². The first-order chi connectivity index (χ1) is 8.34. The fourth-order valence-corrected chi connectivity index (χ4v) is 1.35. The van der Waals surface area contributed by atoms with Crippen molar-refractivity contribution in [1.29, 1.82) is 0 Å². The lowest BCUT2D eigenvalue weighted by atomic mass is 10.3. The third-order valence-electron chi connectivity index (χ3n) is 2.28. The normalized spacial score (nSPS) is 12.6. The van der Waals surface area contributed by atoms with Gasteiger partial charge < -0.3 is 5.32 Å². The van der Waals surface area contributed by atoms with Gasteiger partial charge in [0.25, 0.3) is 5.78 Å². The molecule has 1 heterocycles. The molecular weight excluding hydrogens is 247 g/mol. The summed E-state index contributed by atoms with van der Waals surface area (Å²) in [5, 5.41) is 6.77. The molecule has 0 atom stereocenters. The topological polar surface area (TPSA) is 46.9 Å². The van der Waals surface area contributed by atoms with Crippen LogP contribution in [0.3, 0.4) is 0 Å². The lowest BCUT2D eigenvalue weighted by molar-refractivity contribution is -0.165. The van der Waals surface area contributed by atoms with Gasteiger partial charge in [-0.25, -0.2) is 0 Å². The maximum Gasteiger partial charge on any atom is 0.454 e. The van der Waals surface area contributed by atoms with E-state index in [1.807, 2.05) is 6.92 Å². The number of hydrogen-bond donors (Lipinski definition) is 1. The Balaban J connectivity index is 2.59. The second-order valence-electron chi connectivity index (χ2n) is 3.68. The molecule has 0 amide bonds. The van der Waals surface area contributed by atoms with Gasteiger partial charge >= 0.3 is 6.18 Å². The van der Waals surface area contributed by atoms with Crippen LogP contribution in [0.2, 0.25) is 0 Å². The number of halogens is 3. The maximum absolute atomic E-state index is 12.0. The number of rotatable bonds is 5. The monoisotopic (exact) mass is 261 g/mol. The number of ketones is 1. The molecule has 1 rings (SSSR count). The van der Waals surface area contributed by atoms with Crippen LogP contribution < -0.4 is 5.32 Å². The highest BCUT2D eigenvalue weighted by molar-refractivity contribution is 5.94. The van der Waals surface area contributed by atoms with Gasteiger partial charge in [-0.3, -0.25) is 9.48 Å². The van der Waals surface area contributed by atoms with Crippen LogP contribution in [-0.2, 0) is 17.9 Å². The highest BCUT2D eigenvalue weighted by Crippen LogP contribution is 2.17. The van der Waals surface area contributed by atoms with E-state index in [0.29, 0.717) is 19.2 Å². The molecule has 1 N–H and O–H groups in total. The van der Waals surface area contributed by atoms with Crippen molar-refractivity contribution >= 4 is 5.78 Å². The molecule has 18 heavy (non-hydrogen) atoms. The van der Waals surface area contributed by atoms with Crippen molar-refractivity contribution in [3.63, 3.8) is 0 Å². The Bertz CT molecular complexity index is 449. The van der Waals surface area contributed by atoms with Crippen LogP contribution in [0.25, 0.3) is 0 Å². The molecule has 0 saturated carbocycles. The number of nitrogens with zero attached hydrogens (tertiary/aromatic N) is 2. The molecule has 0 bridgehead atoms. The fourth-order valence-electron chi connectivity index (χ4n) is 1.35. The number of aryl methyl sites for hydroxylation is 1. The predicted octanol–water partition coefficient (Wildman–Crippen LogP) is 2.03. The van der Waals surface area contributed by atoms with Crippen molar-refractivity contribution in [3.8, 4) is 0 Å². The molecule has 0 aliphatic carbocycles. The van der Waals surface area contributed by atoms with Gasteiger partial charge in [-0.05, 0) is 19.9 Å². The molecule has 0 spiro atoms. The van der Waals surface area contributed by atoms with Crippen molar-refractivity contribution in [3.05, 3.63) is 29.7 Å². The molecule has 0 aliphatic rings. The first kappa shape index (κ1) is 14.3.